The van der Waals surface area contributed by atoms with Crippen LogP contribution in [-0.4, -0.2) is 65.8 Å². The molecule has 1 saturated carbocycles. The van der Waals surface area contributed by atoms with E-state index in [1.54, 1.807) is 0 Å². The Hall–Kier alpha value is -1.66. The van der Waals surface area contributed by atoms with Gasteiger partial charge >= 0.3 is 0 Å². The van der Waals surface area contributed by atoms with E-state index in [0.717, 1.165) is 84.3 Å². The van der Waals surface area contributed by atoms with Gasteiger partial charge in [0.1, 0.15) is 0 Å². The summed E-state index contributed by atoms with van der Waals surface area (Å²) in [5.74, 6) is 1.12. The van der Waals surface area contributed by atoms with Crippen LogP contribution in [0.2, 0.25) is 0 Å². The van der Waals surface area contributed by atoms with Crippen molar-refractivity contribution in [2.45, 2.75) is 45.1 Å². The summed E-state index contributed by atoms with van der Waals surface area (Å²) in [5, 5.41) is 2.13. The summed E-state index contributed by atoms with van der Waals surface area (Å²) in [7, 11) is 0. The van der Waals surface area contributed by atoms with Crippen molar-refractivity contribution in [2.75, 3.05) is 39.3 Å². The number of hydrogen-bond donors (Lipinski definition) is 0. The molecule has 1 spiro atoms. The largest absolute Gasteiger partial charge is 0.342 e. The average molecular weight is 428 g/mol. The molecule has 0 N–H and O–H groups in total. The number of piperazine rings is 1. The number of likely N-dealkylation sites (tertiary alicyclic amines) is 1. The molecule has 5 nitrogen and oxygen atoms in total. The van der Waals surface area contributed by atoms with Gasteiger partial charge in [0.25, 0.3) is 0 Å². The molecule has 2 saturated heterocycles. The smallest absolute Gasteiger partial charge is 0.226 e. The second-order valence-corrected chi connectivity index (χ2v) is 10.6. The highest BCUT2D eigenvalue weighted by Gasteiger charge is 2.59. The van der Waals surface area contributed by atoms with Crippen LogP contribution in [0.4, 0.5) is 0 Å². The van der Waals surface area contributed by atoms with E-state index < -0.39 is 0 Å². The zero-order valence-corrected chi connectivity index (χ0v) is 18.6. The lowest BCUT2D eigenvalue weighted by molar-refractivity contribution is -0.138. The third-order valence-electron chi connectivity index (χ3n) is 7.82. The lowest BCUT2D eigenvalue weighted by atomic mass is 9.88. The molecule has 2 aliphatic carbocycles. The maximum Gasteiger partial charge on any atom is 0.226 e. The highest BCUT2D eigenvalue weighted by atomic mass is 32.1. The van der Waals surface area contributed by atoms with Crippen LogP contribution < -0.4 is 0 Å². The number of nitrogens with zero attached hydrogens (tertiary/aromatic N) is 3. The van der Waals surface area contributed by atoms with Crippen LogP contribution in [0.15, 0.2) is 29.7 Å². The van der Waals surface area contributed by atoms with E-state index in [0.29, 0.717) is 11.8 Å². The second kappa shape index (κ2) is 8.46. The first-order valence-corrected chi connectivity index (χ1v) is 12.5. The minimum atomic E-state index is 0.186. The first-order chi connectivity index (χ1) is 14.6. The van der Waals surface area contributed by atoms with Gasteiger partial charge in [-0.15, -0.1) is 11.3 Å². The topological polar surface area (TPSA) is 43.9 Å². The van der Waals surface area contributed by atoms with Gasteiger partial charge in [-0.1, -0.05) is 18.2 Å². The van der Waals surface area contributed by atoms with Gasteiger partial charge in [0.2, 0.25) is 11.8 Å². The molecule has 2 amide bonds. The van der Waals surface area contributed by atoms with Crippen molar-refractivity contribution in [3.05, 3.63) is 34.5 Å². The number of allylic oxidation sites excluding steroid dienone is 2. The van der Waals surface area contributed by atoms with Crippen molar-refractivity contribution >= 4 is 23.2 Å². The molecule has 6 heteroatoms. The quantitative estimate of drug-likeness (QED) is 0.692. The van der Waals surface area contributed by atoms with E-state index in [4.69, 9.17) is 0 Å². The van der Waals surface area contributed by atoms with Crippen molar-refractivity contribution in [1.29, 1.82) is 0 Å². The molecule has 2 unspecified atom stereocenters. The lowest BCUT2D eigenvalue weighted by Gasteiger charge is -2.37. The minimum Gasteiger partial charge on any atom is -0.342 e. The Bertz CT molecular complexity index is 789. The van der Waals surface area contributed by atoms with E-state index >= 15 is 0 Å². The molecular formula is C24H33N3O2S. The summed E-state index contributed by atoms with van der Waals surface area (Å²) in [6, 6.07) is 4.30. The standard InChI is InChI=1S/C24H33N3O2S/c28-22(19-5-2-1-3-6-19)26-10-8-24(9-11-26)17-21(24)23(29)27-14-12-25(13-15-27)18-20-7-4-16-30-20/h1-2,4,7,16,19,21H,3,5-6,8-15,17-18H2. The van der Waals surface area contributed by atoms with E-state index in [1.807, 2.05) is 11.3 Å². The third kappa shape index (κ3) is 4.09. The Morgan fingerprint density at radius 3 is 2.43 bits per heavy atom. The Morgan fingerprint density at radius 2 is 1.77 bits per heavy atom. The predicted molar refractivity (Wildman–Crippen MR) is 119 cm³/mol. The Morgan fingerprint density at radius 1 is 1.00 bits per heavy atom. The van der Waals surface area contributed by atoms with Gasteiger partial charge in [0.15, 0.2) is 0 Å². The molecule has 4 aliphatic rings. The molecule has 2 atom stereocenters. The van der Waals surface area contributed by atoms with Crippen molar-refractivity contribution < 1.29 is 9.59 Å². The number of hydrogen-bond acceptors (Lipinski definition) is 4. The van der Waals surface area contributed by atoms with Gasteiger partial charge in [0.05, 0.1) is 0 Å². The Labute approximate surface area is 183 Å². The molecule has 1 aromatic heterocycles. The zero-order valence-electron chi connectivity index (χ0n) is 17.8. The number of rotatable bonds is 4. The summed E-state index contributed by atoms with van der Waals surface area (Å²) in [5.41, 5.74) is 0.189. The average Bonchev–Trinajstić information content (AvgIpc) is 3.23. The van der Waals surface area contributed by atoms with Crippen molar-refractivity contribution in [3.8, 4) is 0 Å². The van der Waals surface area contributed by atoms with Crippen LogP contribution >= 0.6 is 11.3 Å². The van der Waals surface area contributed by atoms with Crippen molar-refractivity contribution in [1.82, 2.24) is 14.7 Å². The predicted octanol–water partition coefficient (Wildman–Crippen LogP) is 3.38. The molecule has 30 heavy (non-hydrogen) atoms. The molecule has 5 rings (SSSR count). The number of carbonyl (C=O) groups is 2. The summed E-state index contributed by atoms with van der Waals surface area (Å²) < 4.78 is 0. The minimum absolute atomic E-state index is 0.186. The van der Waals surface area contributed by atoms with Crippen LogP contribution in [0, 0.1) is 17.3 Å². The van der Waals surface area contributed by atoms with Crippen LogP contribution in [0.25, 0.3) is 0 Å². The van der Waals surface area contributed by atoms with Crippen LogP contribution in [-0.2, 0) is 16.1 Å². The van der Waals surface area contributed by atoms with Crippen molar-refractivity contribution in [3.63, 3.8) is 0 Å². The fraction of sp³-hybridized carbons (Fsp3) is 0.667. The normalized spacial score (nSPS) is 28.7. The monoisotopic (exact) mass is 427 g/mol. The fourth-order valence-electron chi connectivity index (χ4n) is 5.67. The van der Waals surface area contributed by atoms with Gasteiger partial charge in [-0.25, -0.2) is 0 Å². The first kappa shape index (κ1) is 20.3. The Kier molecular flexibility index (Phi) is 5.71. The van der Waals surface area contributed by atoms with Gasteiger partial charge in [-0.2, -0.15) is 0 Å². The molecule has 0 bridgehead atoms. The third-order valence-corrected chi connectivity index (χ3v) is 8.68. The maximum atomic E-state index is 13.1. The van der Waals surface area contributed by atoms with E-state index in [-0.39, 0.29) is 17.3 Å². The molecule has 3 fully saturated rings. The summed E-state index contributed by atoms with van der Waals surface area (Å²) >= 11 is 1.81. The van der Waals surface area contributed by atoms with E-state index in [9.17, 15) is 9.59 Å². The molecule has 2 aliphatic heterocycles. The summed E-state index contributed by atoms with van der Waals surface area (Å²) in [4.78, 5) is 34.0. The molecule has 162 valence electrons. The number of carbonyl (C=O) groups excluding carboxylic acids is 2. The van der Waals surface area contributed by atoms with Crippen molar-refractivity contribution in [2.24, 2.45) is 17.3 Å². The molecule has 0 radical (unpaired) electrons. The summed E-state index contributed by atoms with van der Waals surface area (Å²) in [6.45, 7) is 6.36. The zero-order chi connectivity index (χ0) is 20.6. The summed E-state index contributed by atoms with van der Waals surface area (Å²) in [6.07, 6.45) is 10.3. The van der Waals surface area contributed by atoms with Gasteiger partial charge in [0, 0.05) is 62.5 Å². The van der Waals surface area contributed by atoms with E-state index in [2.05, 4.69) is 44.4 Å². The SMILES string of the molecule is O=C(C1CC=CCC1)N1CCC2(CC1)CC2C(=O)N1CCN(Cc2cccs2)CC1. The highest BCUT2D eigenvalue weighted by Crippen LogP contribution is 2.60. The van der Waals surface area contributed by atoms with Crippen LogP contribution in [0.5, 0.6) is 0 Å². The highest BCUT2D eigenvalue weighted by molar-refractivity contribution is 7.09. The molecule has 0 aromatic carbocycles. The number of amides is 2. The number of piperidine rings is 1. The molecule has 3 heterocycles. The van der Waals surface area contributed by atoms with Gasteiger partial charge in [-0.05, 0) is 55.4 Å². The van der Waals surface area contributed by atoms with Crippen LogP contribution in [0.1, 0.15) is 43.4 Å². The first-order valence-electron chi connectivity index (χ1n) is 11.6. The van der Waals surface area contributed by atoms with E-state index in [1.165, 1.54) is 4.88 Å². The van der Waals surface area contributed by atoms with Crippen LogP contribution in [0.3, 0.4) is 0 Å². The van der Waals surface area contributed by atoms with Gasteiger partial charge in [-0.3, -0.25) is 14.5 Å². The Balaban J connectivity index is 1.08. The molecular weight excluding hydrogens is 394 g/mol. The lowest BCUT2D eigenvalue weighted by Crippen LogP contribution is -2.49. The molecule has 1 aromatic rings. The van der Waals surface area contributed by atoms with Gasteiger partial charge < -0.3 is 9.80 Å². The second-order valence-electron chi connectivity index (χ2n) is 9.61. The maximum absolute atomic E-state index is 13.1. The fourth-order valence-corrected chi connectivity index (χ4v) is 6.41. The number of thiophene rings is 1.